The summed E-state index contributed by atoms with van der Waals surface area (Å²) in [4.78, 5) is 20.1. The van der Waals surface area contributed by atoms with E-state index >= 15 is 0 Å². The van der Waals surface area contributed by atoms with Gasteiger partial charge in [0.1, 0.15) is 11.5 Å². The lowest BCUT2D eigenvalue weighted by atomic mass is 10.2. The van der Waals surface area contributed by atoms with E-state index in [1.165, 1.54) is 33.7 Å². The maximum absolute atomic E-state index is 11.8. The third kappa shape index (κ3) is 4.37. The summed E-state index contributed by atoms with van der Waals surface area (Å²) in [6, 6.07) is 3.49. The number of anilines is 2. The average Bonchev–Trinajstić information content (AvgIpc) is 2.65. The van der Waals surface area contributed by atoms with Crippen molar-refractivity contribution in [2.75, 3.05) is 33.2 Å². The Morgan fingerprint density at radius 1 is 1.12 bits per heavy atom. The molecule has 132 valence electrons. The van der Waals surface area contributed by atoms with Gasteiger partial charge >= 0.3 is 0 Å². The number of benzene rings is 1. The minimum Gasteiger partial charge on any atom is -0.493 e. The van der Waals surface area contributed by atoms with Gasteiger partial charge in [0.15, 0.2) is 11.5 Å². The molecule has 0 fully saturated rings. The number of rotatable bonds is 8. The summed E-state index contributed by atoms with van der Waals surface area (Å²) < 4.78 is 15.9. The molecule has 2 aromatic rings. The van der Waals surface area contributed by atoms with E-state index < -0.39 is 0 Å². The average molecular weight is 344 g/mol. The van der Waals surface area contributed by atoms with Crippen LogP contribution in [0.4, 0.5) is 11.5 Å². The van der Waals surface area contributed by atoms with Crippen molar-refractivity contribution in [2.24, 2.45) is 0 Å². The molecular weight excluding hydrogens is 324 g/mol. The highest BCUT2D eigenvalue weighted by Crippen LogP contribution is 2.40. The second-order valence-corrected chi connectivity index (χ2v) is 4.82. The first-order valence-corrected chi connectivity index (χ1v) is 7.41. The van der Waals surface area contributed by atoms with Gasteiger partial charge in [-0.25, -0.2) is 9.97 Å². The number of amides is 1. The second kappa shape index (κ2) is 8.53. The van der Waals surface area contributed by atoms with Gasteiger partial charge in [-0.3, -0.25) is 4.79 Å². The van der Waals surface area contributed by atoms with Crippen LogP contribution in [0, 0.1) is 0 Å². The van der Waals surface area contributed by atoms with Crippen molar-refractivity contribution >= 4 is 17.4 Å². The fraction of sp³-hybridized carbons (Fsp3) is 0.235. The zero-order valence-corrected chi connectivity index (χ0v) is 14.3. The molecule has 8 heteroatoms. The smallest absolute Gasteiger partial charge is 0.271 e. The SMILES string of the molecule is C=CCNC(=O)c1cnc(Nc2cc(OC)c(OC)c(OC)c2)cn1. The number of carbonyl (C=O) groups is 1. The monoisotopic (exact) mass is 344 g/mol. The van der Waals surface area contributed by atoms with Crippen molar-refractivity contribution in [1.82, 2.24) is 15.3 Å². The Morgan fingerprint density at radius 3 is 2.28 bits per heavy atom. The minimum atomic E-state index is -0.313. The first-order valence-electron chi connectivity index (χ1n) is 7.41. The molecule has 0 aliphatic rings. The lowest BCUT2D eigenvalue weighted by Crippen LogP contribution is -2.24. The Kier molecular flexibility index (Phi) is 6.16. The van der Waals surface area contributed by atoms with Crippen molar-refractivity contribution in [1.29, 1.82) is 0 Å². The lowest BCUT2D eigenvalue weighted by molar-refractivity contribution is 0.0952. The van der Waals surface area contributed by atoms with Gasteiger partial charge in [-0.2, -0.15) is 0 Å². The van der Waals surface area contributed by atoms with Crippen LogP contribution < -0.4 is 24.8 Å². The highest BCUT2D eigenvalue weighted by atomic mass is 16.5. The Balaban J connectivity index is 2.19. The van der Waals surface area contributed by atoms with E-state index in [-0.39, 0.29) is 11.6 Å². The molecule has 0 saturated heterocycles. The van der Waals surface area contributed by atoms with E-state index in [1.807, 2.05) is 0 Å². The summed E-state index contributed by atoms with van der Waals surface area (Å²) in [6.45, 7) is 3.90. The number of methoxy groups -OCH3 is 3. The molecule has 2 N–H and O–H groups in total. The molecule has 0 aliphatic carbocycles. The van der Waals surface area contributed by atoms with Crippen LogP contribution in [-0.4, -0.2) is 43.7 Å². The highest BCUT2D eigenvalue weighted by molar-refractivity contribution is 5.92. The Hall–Kier alpha value is -3.29. The van der Waals surface area contributed by atoms with E-state index in [2.05, 4.69) is 27.2 Å². The quantitative estimate of drug-likeness (QED) is 0.709. The lowest BCUT2D eigenvalue weighted by Gasteiger charge is -2.14. The number of hydrogen-bond donors (Lipinski definition) is 2. The standard InChI is InChI=1S/C17H20N4O4/c1-5-6-18-17(22)12-9-20-15(10-19-12)21-11-7-13(23-2)16(25-4)14(8-11)24-3/h5,7-10H,1,6H2,2-4H3,(H,18,22)(H,20,21). The van der Waals surface area contributed by atoms with Crippen LogP contribution in [0.25, 0.3) is 0 Å². The molecular formula is C17H20N4O4. The van der Waals surface area contributed by atoms with Crippen molar-refractivity contribution < 1.29 is 19.0 Å². The van der Waals surface area contributed by atoms with E-state index in [9.17, 15) is 4.79 Å². The number of nitrogens with one attached hydrogen (secondary N) is 2. The summed E-state index contributed by atoms with van der Waals surface area (Å²) in [5.41, 5.74) is 0.893. The van der Waals surface area contributed by atoms with Crippen LogP contribution in [0.1, 0.15) is 10.5 Å². The van der Waals surface area contributed by atoms with Gasteiger partial charge in [0.2, 0.25) is 5.75 Å². The topological polar surface area (TPSA) is 94.6 Å². The summed E-state index contributed by atoms with van der Waals surface area (Å²) in [6.07, 6.45) is 4.44. The number of carbonyl (C=O) groups excluding carboxylic acids is 1. The molecule has 2 rings (SSSR count). The molecule has 0 radical (unpaired) electrons. The van der Waals surface area contributed by atoms with E-state index in [4.69, 9.17) is 14.2 Å². The summed E-state index contributed by atoms with van der Waals surface area (Å²) >= 11 is 0. The van der Waals surface area contributed by atoms with Gasteiger partial charge in [-0.1, -0.05) is 6.08 Å². The predicted octanol–water partition coefficient (Wildman–Crippen LogP) is 2.16. The van der Waals surface area contributed by atoms with Crippen LogP contribution in [0.15, 0.2) is 37.2 Å². The van der Waals surface area contributed by atoms with Gasteiger partial charge in [0.05, 0.1) is 33.7 Å². The second-order valence-electron chi connectivity index (χ2n) is 4.82. The van der Waals surface area contributed by atoms with E-state index in [0.29, 0.717) is 35.3 Å². The molecule has 0 spiro atoms. The largest absolute Gasteiger partial charge is 0.493 e. The molecule has 0 unspecified atom stereocenters. The predicted molar refractivity (Wildman–Crippen MR) is 93.9 cm³/mol. The summed E-state index contributed by atoms with van der Waals surface area (Å²) in [5.74, 6) is 1.67. The van der Waals surface area contributed by atoms with Crippen molar-refractivity contribution in [3.8, 4) is 17.2 Å². The van der Waals surface area contributed by atoms with Crippen molar-refractivity contribution in [3.63, 3.8) is 0 Å². The molecule has 0 saturated carbocycles. The first kappa shape index (κ1) is 18.1. The maximum Gasteiger partial charge on any atom is 0.271 e. The molecule has 1 aromatic carbocycles. The molecule has 0 bridgehead atoms. The number of hydrogen-bond acceptors (Lipinski definition) is 7. The first-order chi connectivity index (χ1) is 12.1. The Morgan fingerprint density at radius 2 is 1.80 bits per heavy atom. The Bertz CT molecular complexity index is 722. The van der Waals surface area contributed by atoms with Gasteiger partial charge in [-0.05, 0) is 0 Å². The fourth-order valence-electron chi connectivity index (χ4n) is 2.07. The van der Waals surface area contributed by atoms with Crippen molar-refractivity contribution in [3.05, 3.63) is 42.9 Å². The molecule has 1 amide bonds. The highest BCUT2D eigenvalue weighted by Gasteiger charge is 2.14. The molecule has 0 aliphatic heterocycles. The third-order valence-electron chi connectivity index (χ3n) is 3.23. The number of aromatic nitrogens is 2. The normalized spacial score (nSPS) is 9.88. The summed E-state index contributed by atoms with van der Waals surface area (Å²) in [7, 11) is 4.62. The van der Waals surface area contributed by atoms with Gasteiger partial charge < -0.3 is 24.8 Å². The van der Waals surface area contributed by atoms with Crippen molar-refractivity contribution in [2.45, 2.75) is 0 Å². The van der Waals surface area contributed by atoms with Crippen LogP contribution in [0.2, 0.25) is 0 Å². The molecule has 0 atom stereocenters. The zero-order valence-electron chi connectivity index (χ0n) is 14.3. The Labute approximate surface area is 145 Å². The molecule has 8 nitrogen and oxygen atoms in total. The fourth-order valence-corrected chi connectivity index (χ4v) is 2.07. The van der Waals surface area contributed by atoms with Crippen LogP contribution in [-0.2, 0) is 0 Å². The maximum atomic E-state index is 11.8. The van der Waals surface area contributed by atoms with Gasteiger partial charge in [0, 0.05) is 24.4 Å². The molecule has 1 aromatic heterocycles. The summed E-state index contributed by atoms with van der Waals surface area (Å²) in [5, 5.41) is 5.71. The van der Waals surface area contributed by atoms with Crippen LogP contribution >= 0.6 is 0 Å². The van der Waals surface area contributed by atoms with E-state index in [0.717, 1.165) is 0 Å². The van der Waals surface area contributed by atoms with Crippen LogP contribution in [0.3, 0.4) is 0 Å². The number of nitrogens with zero attached hydrogens (tertiary/aromatic N) is 2. The third-order valence-corrected chi connectivity index (χ3v) is 3.23. The van der Waals surface area contributed by atoms with Crippen LogP contribution in [0.5, 0.6) is 17.2 Å². The van der Waals surface area contributed by atoms with Gasteiger partial charge in [0.25, 0.3) is 5.91 Å². The van der Waals surface area contributed by atoms with E-state index in [1.54, 1.807) is 18.2 Å². The number of ether oxygens (including phenoxy) is 3. The molecule has 25 heavy (non-hydrogen) atoms. The molecule has 1 heterocycles. The minimum absolute atomic E-state index is 0.220. The zero-order chi connectivity index (χ0) is 18.2. The van der Waals surface area contributed by atoms with Gasteiger partial charge in [-0.15, -0.1) is 6.58 Å².